The lowest BCUT2D eigenvalue weighted by Gasteiger charge is -2.30. The van der Waals surface area contributed by atoms with Crippen LogP contribution in [0.15, 0.2) is 24.5 Å². The zero-order valence-electron chi connectivity index (χ0n) is 24.6. The fourth-order valence-corrected chi connectivity index (χ4v) is 6.81. The lowest BCUT2D eigenvalue weighted by atomic mass is 9.97. The number of benzene rings is 1. The Bertz CT molecular complexity index is 1390. The number of rotatable bonds is 8. The second kappa shape index (κ2) is 15.1. The van der Waals surface area contributed by atoms with Gasteiger partial charge in [0, 0.05) is 50.3 Å². The quantitative estimate of drug-likeness (QED) is 0.312. The van der Waals surface area contributed by atoms with Gasteiger partial charge in [-0.25, -0.2) is 15.0 Å². The van der Waals surface area contributed by atoms with Gasteiger partial charge in [0.1, 0.15) is 11.5 Å². The number of thiazole rings is 1. The number of carbonyl (C=O) groups excluding carboxylic acids is 1. The van der Waals surface area contributed by atoms with Crippen LogP contribution in [0.1, 0.15) is 48.0 Å². The molecule has 1 aromatic carbocycles. The number of amides is 1. The molecule has 0 radical (unpaired) electrons. The minimum absolute atomic E-state index is 0.158. The molecule has 2 N–H and O–H groups in total. The first kappa shape index (κ1) is 32.9. The molecule has 0 saturated carbocycles. The molecule has 5 rings (SSSR count). The number of nitrogens with one attached hydrogen (secondary N) is 1. The van der Waals surface area contributed by atoms with Gasteiger partial charge in [-0.15, -0.1) is 0 Å². The fourth-order valence-electron chi connectivity index (χ4n) is 5.16. The predicted molar refractivity (Wildman–Crippen MR) is 169 cm³/mol. The van der Waals surface area contributed by atoms with E-state index in [-0.39, 0.29) is 11.6 Å². The van der Waals surface area contributed by atoms with Crippen LogP contribution in [0.3, 0.4) is 0 Å². The first-order valence-electron chi connectivity index (χ1n) is 13.9. The Morgan fingerprint density at radius 3 is 2.28 bits per heavy atom. The van der Waals surface area contributed by atoms with Crippen LogP contribution in [0, 0.1) is 5.92 Å². The number of methoxy groups -OCH3 is 2. The molecule has 1 unspecified atom stereocenters. The van der Waals surface area contributed by atoms with Gasteiger partial charge in [-0.3, -0.25) is 19.8 Å². The SMILES string of the molecule is COC.COc1c(Cl)cc(-c2nc(NC(=O)c3cnc(N4CCC(C(=O)O)CC4)cn3)sc2CN2CCCC2C)cc1Cl. The molecule has 0 bridgehead atoms. The number of anilines is 2. The molecule has 2 aliphatic rings. The Kier molecular flexibility index (Phi) is 11.6. The predicted octanol–water partition coefficient (Wildman–Crippen LogP) is 5.72. The number of likely N-dealkylation sites (tertiary alicyclic amines) is 1. The minimum Gasteiger partial charge on any atom is -0.494 e. The van der Waals surface area contributed by atoms with Crippen molar-refractivity contribution in [1.82, 2.24) is 19.9 Å². The zero-order valence-corrected chi connectivity index (χ0v) is 26.9. The average Bonchev–Trinajstić information content (AvgIpc) is 3.58. The first-order chi connectivity index (χ1) is 20.6. The highest BCUT2D eigenvalue weighted by Crippen LogP contribution is 2.40. The van der Waals surface area contributed by atoms with E-state index in [1.807, 2.05) is 4.90 Å². The number of carboxylic acid groups (broad SMARTS) is 1. The van der Waals surface area contributed by atoms with Crippen molar-refractivity contribution in [1.29, 1.82) is 0 Å². The largest absolute Gasteiger partial charge is 0.494 e. The van der Waals surface area contributed by atoms with Crippen LogP contribution >= 0.6 is 34.5 Å². The third-order valence-corrected chi connectivity index (χ3v) is 8.99. The van der Waals surface area contributed by atoms with Gasteiger partial charge in [0.2, 0.25) is 0 Å². The normalized spacial score (nSPS) is 17.3. The monoisotopic (exact) mass is 650 g/mol. The topological polar surface area (TPSA) is 130 Å². The minimum atomic E-state index is -0.764. The molecular weight excluding hydrogens is 615 g/mol. The summed E-state index contributed by atoms with van der Waals surface area (Å²) in [6, 6.07) is 4.00. The molecule has 1 amide bonds. The molecule has 2 saturated heterocycles. The summed E-state index contributed by atoms with van der Waals surface area (Å²) in [5, 5.41) is 13.3. The standard InChI is InChI=1S/C27H30Cl2N6O4S.C2H6O/c1-15-4-3-7-35(15)14-21-23(17-10-18(28)24(39-2)19(29)11-17)32-27(40-21)33-25(36)20-12-31-22(13-30-20)34-8-5-16(6-9-34)26(37)38;1-3-2/h10-13,15-16H,3-9,14H2,1-2H3,(H,37,38)(H,32,33,36);1-2H3. The number of hydrogen-bond donors (Lipinski definition) is 2. The van der Waals surface area contributed by atoms with Gasteiger partial charge in [-0.05, 0) is 51.3 Å². The van der Waals surface area contributed by atoms with Crippen LogP contribution in [0.2, 0.25) is 10.0 Å². The molecule has 2 aromatic heterocycles. The lowest BCUT2D eigenvalue weighted by Crippen LogP contribution is -2.36. The van der Waals surface area contributed by atoms with E-state index in [0.29, 0.717) is 71.0 Å². The molecule has 2 fully saturated rings. The van der Waals surface area contributed by atoms with E-state index in [4.69, 9.17) is 32.9 Å². The number of carbonyl (C=O) groups is 2. The number of hydrogen-bond acceptors (Lipinski definition) is 10. The van der Waals surface area contributed by atoms with Crippen molar-refractivity contribution in [3.63, 3.8) is 0 Å². The smallest absolute Gasteiger partial charge is 0.306 e. The Morgan fingerprint density at radius 1 is 1.07 bits per heavy atom. The molecule has 232 valence electrons. The van der Waals surface area contributed by atoms with E-state index in [9.17, 15) is 14.7 Å². The average molecular weight is 652 g/mol. The number of piperidine rings is 1. The number of aliphatic carboxylic acids is 1. The van der Waals surface area contributed by atoms with Crippen LogP contribution in [0.5, 0.6) is 5.75 Å². The van der Waals surface area contributed by atoms with Gasteiger partial charge in [0.15, 0.2) is 10.9 Å². The van der Waals surface area contributed by atoms with E-state index in [1.54, 1.807) is 32.5 Å². The number of carboxylic acids is 1. The van der Waals surface area contributed by atoms with Crippen molar-refractivity contribution in [3.05, 3.63) is 45.1 Å². The van der Waals surface area contributed by atoms with E-state index >= 15 is 0 Å². The molecule has 0 spiro atoms. The van der Waals surface area contributed by atoms with Gasteiger partial charge in [0.05, 0.1) is 41.2 Å². The maximum atomic E-state index is 13.1. The van der Waals surface area contributed by atoms with Crippen LogP contribution in [0.25, 0.3) is 11.3 Å². The maximum absolute atomic E-state index is 13.1. The molecular formula is C29H36Cl2N6O5S. The van der Waals surface area contributed by atoms with Gasteiger partial charge in [-0.1, -0.05) is 34.5 Å². The highest BCUT2D eigenvalue weighted by molar-refractivity contribution is 7.16. The summed E-state index contributed by atoms with van der Waals surface area (Å²) in [4.78, 5) is 43.1. The highest BCUT2D eigenvalue weighted by Gasteiger charge is 2.27. The van der Waals surface area contributed by atoms with Crippen molar-refractivity contribution < 1.29 is 24.2 Å². The Balaban J connectivity index is 0.00000135. The van der Waals surface area contributed by atoms with Gasteiger partial charge in [0.25, 0.3) is 5.91 Å². The number of nitrogens with zero attached hydrogens (tertiary/aromatic N) is 5. The third kappa shape index (κ3) is 8.12. The van der Waals surface area contributed by atoms with Crippen molar-refractivity contribution in [2.24, 2.45) is 5.92 Å². The first-order valence-corrected chi connectivity index (χ1v) is 15.5. The summed E-state index contributed by atoms with van der Waals surface area (Å²) >= 11 is 14.3. The number of halogens is 2. The van der Waals surface area contributed by atoms with Crippen molar-refractivity contribution in [2.45, 2.75) is 45.2 Å². The van der Waals surface area contributed by atoms with E-state index in [1.165, 1.54) is 24.6 Å². The molecule has 43 heavy (non-hydrogen) atoms. The van der Waals surface area contributed by atoms with Crippen LogP contribution in [-0.2, 0) is 16.1 Å². The molecule has 14 heteroatoms. The lowest BCUT2D eigenvalue weighted by molar-refractivity contribution is -0.142. The van der Waals surface area contributed by atoms with Crippen LogP contribution < -0.4 is 15.0 Å². The summed E-state index contributed by atoms with van der Waals surface area (Å²) in [5.74, 6) is -0.498. The molecule has 2 aliphatic heterocycles. The molecule has 11 nitrogen and oxygen atoms in total. The summed E-state index contributed by atoms with van der Waals surface area (Å²) in [6.07, 6.45) is 6.36. The van der Waals surface area contributed by atoms with Gasteiger partial charge < -0.3 is 19.5 Å². The third-order valence-electron chi connectivity index (χ3n) is 7.47. The van der Waals surface area contributed by atoms with Crippen LogP contribution in [-0.4, -0.2) is 83.8 Å². The van der Waals surface area contributed by atoms with E-state index < -0.39 is 11.9 Å². The Morgan fingerprint density at radius 2 is 1.74 bits per heavy atom. The zero-order chi connectivity index (χ0) is 31.1. The van der Waals surface area contributed by atoms with Crippen molar-refractivity contribution in [3.8, 4) is 17.0 Å². The second-order valence-corrected chi connectivity index (χ2v) is 12.3. The molecule has 4 heterocycles. The molecule has 0 aliphatic carbocycles. The van der Waals surface area contributed by atoms with Gasteiger partial charge >= 0.3 is 5.97 Å². The summed E-state index contributed by atoms with van der Waals surface area (Å²) in [5.41, 5.74) is 1.61. The summed E-state index contributed by atoms with van der Waals surface area (Å²) in [6.45, 7) is 5.07. The second-order valence-electron chi connectivity index (χ2n) is 10.4. The summed E-state index contributed by atoms with van der Waals surface area (Å²) in [7, 11) is 4.76. The van der Waals surface area contributed by atoms with Crippen molar-refractivity contribution in [2.75, 3.05) is 51.2 Å². The summed E-state index contributed by atoms with van der Waals surface area (Å²) < 4.78 is 9.55. The van der Waals surface area contributed by atoms with Crippen LogP contribution in [0.4, 0.5) is 10.9 Å². The maximum Gasteiger partial charge on any atom is 0.306 e. The molecule has 1 atom stereocenters. The van der Waals surface area contributed by atoms with E-state index in [0.717, 1.165) is 29.8 Å². The Hall–Kier alpha value is -3.03. The fraction of sp³-hybridized carbons (Fsp3) is 0.483. The van der Waals surface area contributed by atoms with Crippen molar-refractivity contribution >= 4 is 57.4 Å². The Labute approximate surface area is 265 Å². The van der Waals surface area contributed by atoms with E-state index in [2.05, 4.69) is 31.8 Å². The number of ether oxygens (including phenoxy) is 2. The van der Waals surface area contributed by atoms with Gasteiger partial charge in [-0.2, -0.15) is 0 Å². The molecule has 3 aromatic rings. The number of aromatic nitrogens is 3. The highest BCUT2D eigenvalue weighted by atomic mass is 35.5.